The van der Waals surface area contributed by atoms with Gasteiger partial charge in [0.25, 0.3) is 5.91 Å². The smallest absolute Gasteiger partial charge is 0.304 e. The molecule has 0 spiro atoms. The fraction of sp³-hybridized carbons (Fsp3) is 0.174. The molecule has 1 N–H and O–H groups in total. The Morgan fingerprint density at radius 2 is 1.85 bits per heavy atom. The van der Waals surface area contributed by atoms with Gasteiger partial charge in [-0.3, -0.25) is 24.3 Å². The number of anilines is 1. The lowest BCUT2D eigenvalue weighted by molar-refractivity contribution is -0.386. The molecule has 0 fully saturated rings. The highest BCUT2D eigenvalue weighted by Gasteiger charge is 2.22. The number of nitro groups is 1. The molecule has 1 amide bonds. The van der Waals surface area contributed by atoms with E-state index in [1.165, 1.54) is 12.1 Å². The highest BCUT2D eigenvalue weighted by Crippen LogP contribution is 2.24. The number of benzene rings is 2. The number of hydrogen-bond acceptors (Lipinski definition) is 5. The van der Waals surface area contributed by atoms with Crippen LogP contribution in [0.5, 0.6) is 0 Å². The van der Waals surface area contributed by atoms with Crippen molar-refractivity contribution in [3.05, 3.63) is 103 Å². The summed E-state index contributed by atoms with van der Waals surface area (Å²) >= 11 is 3.41. The van der Waals surface area contributed by atoms with E-state index in [1.54, 1.807) is 59.7 Å². The van der Waals surface area contributed by atoms with Crippen LogP contribution in [0.15, 0.2) is 59.2 Å². The van der Waals surface area contributed by atoms with Gasteiger partial charge < -0.3 is 5.32 Å². The van der Waals surface area contributed by atoms with Crippen LogP contribution >= 0.6 is 15.9 Å². The Kier molecular flexibility index (Phi) is 6.55. The number of hydrogen-bond donors (Lipinski definition) is 1. The summed E-state index contributed by atoms with van der Waals surface area (Å²) in [5, 5.41) is 22.7. The van der Waals surface area contributed by atoms with E-state index < -0.39 is 4.92 Å². The van der Waals surface area contributed by atoms with Crippen molar-refractivity contribution in [1.82, 2.24) is 19.6 Å². The van der Waals surface area contributed by atoms with Gasteiger partial charge in [-0.2, -0.15) is 10.2 Å². The van der Waals surface area contributed by atoms with Gasteiger partial charge in [-0.15, -0.1) is 0 Å². The van der Waals surface area contributed by atoms with E-state index in [1.807, 2.05) is 6.07 Å². The fourth-order valence-corrected chi connectivity index (χ4v) is 4.02. The minimum Gasteiger partial charge on any atom is -0.304 e. The van der Waals surface area contributed by atoms with Crippen LogP contribution in [-0.4, -0.2) is 30.4 Å². The molecule has 174 valence electrons. The topological polar surface area (TPSA) is 108 Å². The lowest BCUT2D eigenvalue weighted by Crippen LogP contribution is -2.14. The summed E-state index contributed by atoms with van der Waals surface area (Å²) < 4.78 is 16.9. The fourth-order valence-electron chi connectivity index (χ4n) is 3.61. The molecule has 2 heterocycles. The molecular formula is C23H20BrFN6O3. The normalized spacial score (nSPS) is 10.9. The second-order valence-electron chi connectivity index (χ2n) is 7.74. The molecule has 0 aliphatic heterocycles. The van der Waals surface area contributed by atoms with E-state index >= 15 is 0 Å². The van der Waals surface area contributed by atoms with Crippen molar-refractivity contribution in [3.8, 4) is 0 Å². The van der Waals surface area contributed by atoms with Crippen LogP contribution in [-0.2, 0) is 13.1 Å². The van der Waals surface area contributed by atoms with Gasteiger partial charge in [0.05, 0.1) is 22.5 Å². The highest BCUT2D eigenvalue weighted by molar-refractivity contribution is 9.10. The Labute approximate surface area is 202 Å². The van der Waals surface area contributed by atoms with Crippen LogP contribution in [0.4, 0.5) is 15.9 Å². The Balaban J connectivity index is 1.48. The molecule has 0 bridgehead atoms. The Morgan fingerprint density at radius 1 is 1.12 bits per heavy atom. The number of carbonyl (C=O) groups excluding carboxylic acids is 1. The number of halogens is 2. The maximum absolute atomic E-state index is 13.1. The van der Waals surface area contributed by atoms with Crippen molar-refractivity contribution in [1.29, 1.82) is 0 Å². The largest absolute Gasteiger partial charge is 0.312 e. The van der Waals surface area contributed by atoms with Gasteiger partial charge in [-0.25, -0.2) is 4.39 Å². The molecular weight excluding hydrogens is 507 g/mol. The van der Waals surface area contributed by atoms with Crippen molar-refractivity contribution in [2.75, 3.05) is 5.32 Å². The van der Waals surface area contributed by atoms with E-state index in [4.69, 9.17) is 0 Å². The molecule has 2 aromatic heterocycles. The van der Waals surface area contributed by atoms with Gasteiger partial charge in [0.1, 0.15) is 17.2 Å². The van der Waals surface area contributed by atoms with Crippen LogP contribution in [0, 0.1) is 29.8 Å². The predicted octanol–water partition coefficient (Wildman–Crippen LogP) is 4.86. The molecule has 0 radical (unpaired) electrons. The minimum atomic E-state index is -0.439. The van der Waals surface area contributed by atoms with Gasteiger partial charge in [0.2, 0.25) is 0 Å². The predicted molar refractivity (Wildman–Crippen MR) is 127 cm³/mol. The average molecular weight is 527 g/mol. The summed E-state index contributed by atoms with van der Waals surface area (Å²) in [6, 6.07) is 13.1. The van der Waals surface area contributed by atoms with Gasteiger partial charge in [0.15, 0.2) is 5.82 Å². The van der Waals surface area contributed by atoms with E-state index in [0.29, 0.717) is 33.8 Å². The van der Waals surface area contributed by atoms with Crippen LogP contribution in [0.3, 0.4) is 0 Å². The average Bonchev–Trinajstić information content (AvgIpc) is 3.27. The molecule has 0 saturated heterocycles. The lowest BCUT2D eigenvalue weighted by Gasteiger charge is -2.07. The first-order valence-corrected chi connectivity index (χ1v) is 11.1. The van der Waals surface area contributed by atoms with Crippen LogP contribution in [0.2, 0.25) is 0 Å². The van der Waals surface area contributed by atoms with Crippen molar-refractivity contribution < 1.29 is 14.1 Å². The molecule has 0 saturated carbocycles. The maximum atomic E-state index is 13.1. The Hall–Kier alpha value is -3.86. The molecule has 4 rings (SSSR count). The molecule has 0 atom stereocenters. The molecule has 9 nitrogen and oxygen atoms in total. The zero-order valence-electron chi connectivity index (χ0n) is 18.3. The van der Waals surface area contributed by atoms with Crippen LogP contribution < -0.4 is 5.32 Å². The quantitative estimate of drug-likeness (QED) is 0.273. The first-order valence-electron chi connectivity index (χ1n) is 10.3. The van der Waals surface area contributed by atoms with E-state index in [0.717, 1.165) is 11.1 Å². The Morgan fingerprint density at radius 3 is 2.53 bits per heavy atom. The van der Waals surface area contributed by atoms with Crippen molar-refractivity contribution >= 4 is 33.3 Å². The van der Waals surface area contributed by atoms with Crippen LogP contribution in [0.1, 0.15) is 32.9 Å². The number of nitrogens with zero attached hydrogens (tertiary/aromatic N) is 5. The summed E-state index contributed by atoms with van der Waals surface area (Å²) in [7, 11) is 0. The Bertz CT molecular complexity index is 1380. The highest BCUT2D eigenvalue weighted by atomic mass is 79.9. The van der Waals surface area contributed by atoms with Crippen LogP contribution in [0.25, 0.3) is 0 Å². The molecule has 0 unspecified atom stereocenters. The number of carbonyl (C=O) groups is 1. The summed E-state index contributed by atoms with van der Waals surface area (Å²) in [6.07, 6.45) is 1.73. The molecule has 0 aliphatic rings. The third kappa shape index (κ3) is 5.04. The third-order valence-corrected chi connectivity index (χ3v) is 5.83. The van der Waals surface area contributed by atoms with E-state index in [-0.39, 0.29) is 24.0 Å². The summed E-state index contributed by atoms with van der Waals surface area (Å²) in [6.45, 7) is 3.95. The number of aryl methyl sites for hydroxylation is 1. The second-order valence-corrected chi connectivity index (χ2v) is 8.59. The summed E-state index contributed by atoms with van der Waals surface area (Å²) in [4.78, 5) is 23.7. The molecule has 11 heteroatoms. The number of nitrogens with one attached hydrogen (secondary N) is 1. The first kappa shape index (κ1) is 23.3. The maximum Gasteiger partial charge on any atom is 0.312 e. The molecule has 0 aliphatic carbocycles. The van der Waals surface area contributed by atoms with Crippen molar-refractivity contribution in [3.63, 3.8) is 0 Å². The summed E-state index contributed by atoms with van der Waals surface area (Å²) in [5.41, 5.74) is 2.84. The third-order valence-electron chi connectivity index (χ3n) is 5.25. The zero-order chi connectivity index (χ0) is 24.4. The summed E-state index contributed by atoms with van der Waals surface area (Å²) in [5.74, 6) is -0.308. The van der Waals surface area contributed by atoms with E-state index in [2.05, 4.69) is 31.4 Å². The number of rotatable bonds is 7. The van der Waals surface area contributed by atoms with Gasteiger partial charge >= 0.3 is 5.69 Å². The van der Waals surface area contributed by atoms with E-state index in [9.17, 15) is 19.3 Å². The molecule has 34 heavy (non-hydrogen) atoms. The SMILES string of the molecule is Cc1nn(Cc2cccc(C(=O)Nc3nn(Cc4ccc(F)cc4)cc3Br)c2)c(C)c1[N+](=O)[O-]. The monoisotopic (exact) mass is 526 g/mol. The first-order chi connectivity index (χ1) is 16.2. The molecule has 2 aromatic carbocycles. The minimum absolute atomic E-state index is 0.00466. The standard InChI is InChI=1S/C23H20BrFN6O3/c1-14-21(31(33)34)15(2)30(27-14)12-17-4-3-5-18(10-17)23(32)26-22-20(24)13-29(28-22)11-16-6-8-19(25)9-7-16/h3-10,13H,11-12H2,1-2H3,(H,26,28,32). The van der Waals surface area contributed by atoms with Gasteiger partial charge in [-0.1, -0.05) is 24.3 Å². The molecule has 4 aromatic rings. The van der Waals surface area contributed by atoms with Crippen molar-refractivity contribution in [2.45, 2.75) is 26.9 Å². The zero-order valence-corrected chi connectivity index (χ0v) is 19.9. The van der Waals surface area contributed by atoms with Gasteiger partial charge in [0, 0.05) is 11.8 Å². The second kappa shape index (κ2) is 9.56. The van der Waals surface area contributed by atoms with Gasteiger partial charge in [-0.05, 0) is 65.2 Å². The van der Waals surface area contributed by atoms with Crippen molar-refractivity contribution in [2.24, 2.45) is 0 Å². The number of aromatic nitrogens is 4. The lowest BCUT2D eigenvalue weighted by atomic mass is 10.1. The number of amides is 1.